The van der Waals surface area contributed by atoms with Gasteiger partial charge in [0.25, 0.3) is 0 Å². The third-order valence-corrected chi connectivity index (χ3v) is 4.17. The summed E-state index contributed by atoms with van der Waals surface area (Å²) in [5.41, 5.74) is 3.81. The summed E-state index contributed by atoms with van der Waals surface area (Å²) in [5.74, 6) is 1.75. The molecule has 4 nitrogen and oxygen atoms in total. The fourth-order valence-corrected chi connectivity index (χ4v) is 3.18. The van der Waals surface area contributed by atoms with Gasteiger partial charge in [-0.2, -0.15) is 0 Å². The molecule has 0 fully saturated rings. The summed E-state index contributed by atoms with van der Waals surface area (Å²) in [7, 11) is 1.89. The van der Waals surface area contributed by atoms with E-state index in [9.17, 15) is 4.79 Å². The average molecular weight is 305 g/mol. The first kappa shape index (κ1) is 14.2. The molecule has 1 aromatic heterocycles. The second kappa shape index (κ2) is 5.20. The highest BCUT2D eigenvalue weighted by molar-refractivity contribution is 6.32. The summed E-state index contributed by atoms with van der Waals surface area (Å²) in [5, 5.41) is 6.73. The Labute approximate surface area is 128 Å². The first-order valence-electron chi connectivity index (χ1n) is 6.86. The van der Waals surface area contributed by atoms with Crippen molar-refractivity contribution in [1.29, 1.82) is 0 Å². The minimum Gasteiger partial charge on any atom is -0.466 e. The summed E-state index contributed by atoms with van der Waals surface area (Å²) in [6.45, 7) is 3.87. The number of amides is 1. The molecular formula is C16H17ClN2O2. The molecule has 1 unspecified atom stereocenters. The van der Waals surface area contributed by atoms with Gasteiger partial charge in [0.2, 0.25) is 5.91 Å². The van der Waals surface area contributed by atoms with Crippen LogP contribution in [-0.2, 0) is 11.2 Å². The molecule has 21 heavy (non-hydrogen) atoms. The van der Waals surface area contributed by atoms with Crippen LogP contribution >= 0.6 is 11.6 Å². The van der Waals surface area contributed by atoms with E-state index < -0.39 is 0 Å². The third kappa shape index (κ3) is 2.45. The van der Waals surface area contributed by atoms with Crippen LogP contribution in [0.25, 0.3) is 0 Å². The van der Waals surface area contributed by atoms with E-state index in [0.29, 0.717) is 11.4 Å². The van der Waals surface area contributed by atoms with Crippen molar-refractivity contribution in [3.05, 3.63) is 51.4 Å². The minimum atomic E-state index is -0.0593. The number of benzene rings is 1. The van der Waals surface area contributed by atoms with Crippen LogP contribution in [0.3, 0.4) is 0 Å². The summed E-state index contributed by atoms with van der Waals surface area (Å²) in [6.07, 6.45) is 0.402. The van der Waals surface area contributed by atoms with Crippen molar-refractivity contribution >= 4 is 23.2 Å². The number of nitrogens with one attached hydrogen (secondary N) is 2. The fraction of sp³-hybridized carbons (Fsp3) is 0.312. The van der Waals surface area contributed by atoms with Crippen molar-refractivity contribution in [3.8, 4) is 0 Å². The predicted molar refractivity (Wildman–Crippen MR) is 82.9 cm³/mol. The Bertz CT molecular complexity index is 721. The van der Waals surface area contributed by atoms with E-state index in [4.69, 9.17) is 16.0 Å². The fourth-order valence-electron chi connectivity index (χ4n) is 2.90. The molecule has 0 aliphatic carbocycles. The highest BCUT2D eigenvalue weighted by atomic mass is 35.5. The van der Waals surface area contributed by atoms with Gasteiger partial charge in [0.05, 0.1) is 12.5 Å². The van der Waals surface area contributed by atoms with E-state index >= 15 is 0 Å². The quantitative estimate of drug-likeness (QED) is 0.914. The average Bonchev–Trinajstić information content (AvgIpc) is 2.92. The van der Waals surface area contributed by atoms with E-state index in [2.05, 4.69) is 10.6 Å². The number of hydrogen-bond acceptors (Lipinski definition) is 3. The standard InChI is InChI=1S/C16H17ClN2O2/c1-8-4-11(9(2)21-8)16(18-3)12-5-10-6-15(20)19-14(10)7-13(12)17/h4-5,7,16,18H,6H2,1-3H3,(H,19,20). The Balaban J connectivity index is 2.08. The van der Waals surface area contributed by atoms with Gasteiger partial charge in [-0.05, 0) is 50.2 Å². The number of aryl methyl sites for hydroxylation is 2. The Morgan fingerprint density at radius 1 is 1.29 bits per heavy atom. The van der Waals surface area contributed by atoms with Gasteiger partial charge in [-0.3, -0.25) is 4.79 Å². The molecule has 0 radical (unpaired) electrons. The predicted octanol–water partition coefficient (Wildman–Crippen LogP) is 3.35. The van der Waals surface area contributed by atoms with Gasteiger partial charge >= 0.3 is 0 Å². The van der Waals surface area contributed by atoms with E-state index in [1.807, 2.05) is 39.1 Å². The van der Waals surface area contributed by atoms with Gasteiger partial charge in [-0.25, -0.2) is 0 Å². The second-order valence-corrected chi connectivity index (χ2v) is 5.75. The molecule has 1 aliphatic rings. The van der Waals surface area contributed by atoms with Gasteiger partial charge in [0, 0.05) is 16.3 Å². The zero-order valence-electron chi connectivity index (χ0n) is 12.2. The van der Waals surface area contributed by atoms with Crippen LogP contribution in [0.2, 0.25) is 5.02 Å². The molecule has 0 bridgehead atoms. The van der Waals surface area contributed by atoms with Crippen LogP contribution in [-0.4, -0.2) is 13.0 Å². The molecule has 2 N–H and O–H groups in total. The lowest BCUT2D eigenvalue weighted by Gasteiger charge is -2.18. The first-order chi connectivity index (χ1) is 9.99. The Hall–Kier alpha value is -1.78. The van der Waals surface area contributed by atoms with Crippen LogP contribution in [0.15, 0.2) is 22.6 Å². The zero-order chi connectivity index (χ0) is 15.1. The van der Waals surface area contributed by atoms with Crippen molar-refractivity contribution in [1.82, 2.24) is 5.32 Å². The van der Waals surface area contributed by atoms with Crippen LogP contribution in [0, 0.1) is 13.8 Å². The van der Waals surface area contributed by atoms with Crippen LogP contribution < -0.4 is 10.6 Å². The summed E-state index contributed by atoms with van der Waals surface area (Å²) in [4.78, 5) is 11.5. The SMILES string of the molecule is CNC(c1cc2c(cc1Cl)NC(=O)C2)c1cc(C)oc1C. The van der Waals surface area contributed by atoms with Crippen molar-refractivity contribution in [2.75, 3.05) is 12.4 Å². The number of carbonyl (C=O) groups is 1. The van der Waals surface area contributed by atoms with Gasteiger partial charge in [-0.1, -0.05) is 11.6 Å². The summed E-state index contributed by atoms with van der Waals surface area (Å²) < 4.78 is 5.62. The largest absolute Gasteiger partial charge is 0.466 e. The molecule has 2 heterocycles. The molecule has 2 aromatic rings. The molecule has 0 saturated heterocycles. The first-order valence-corrected chi connectivity index (χ1v) is 7.23. The highest BCUT2D eigenvalue weighted by Crippen LogP contribution is 2.36. The number of furan rings is 1. The Kier molecular flexibility index (Phi) is 3.51. The molecule has 3 rings (SSSR count). The lowest BCUT2D eigenvalue weighted by molar-refractivity contribution is -0.115. The number of halogens is 1. The zero-order valence-corrected chi connectivity index (χ0v) is 13.0. The number of rotatable bonds is 3. The van der Waals surface area contributed by atoms with Gasteiger partial charge in [0.1, 0.15) is 11.5 Å². The highest BCUT2D eigenvalue weighted by Gasteiger charge is 2.25. The number of carbonyl (C=O) groups excluding carboxylic acids is 1. The second-order valence-electron chi connectivity index (χ2n) is 5.35. The van der Waals surface area contributed by atoms with E-state index in [1.54, 1.807) is 0 Å². The van der Waals surface area contributed by atoms with E-state index in [1.165, 1.54) is 0 Å². The van der Waals surface area contributed by atoms with Crippen LogP contribution in [0.4, 0.5) is 5.69 Å². The molecular weight excluding hydrogens is 288 g/mol. The molecule has 0 spiro atoms. The Morgan fingerprint density at radius 3 is 2.67 bits per heavy atom. The summed E-state index contributed by atoms with van der Waals surface area (Å²) >= 11 is 6.42. The molecule has 0 saturated carbocycles. The molecule has 5 heteroatoms. The van der Waals surface area contributed by atoms with E-state index in [0.717, 1.165) is 33.9 Å². The lowest BCUT2D eigenvalue weighted by atomic mass is 9.96. The van der Waals surface area contributed by atoms with Gasteiger partial charge in [0.15, 0.2) is 0 Å². The van der Waals surface area contributed by atoms with Crippen molar-refractivity contribution in [3.63, 3.8) is 0 Å². The number of hydrogen-bond donors (Lipinski definition) is 2. The molecule has 110 valence electrons. The number of anilines is 1. The maximum atomic E-state index is 11.5. The topological polar surface area (TPSA) is 54.3 Å². The maximum absolute atomic E-state index is 11.5. The summed E-state index contributed by atoms with van der Waals surface area (Å²) in [6, 6.07) is 5.78. The van der Waals surface area contributed by atoms with E-state index in [-0.39, 0.29) is 11.9 Å². The third-order valence-electron chi connectivity index (χ3n) is 3.84. The molecule has 1 aromatic carbocycles. The monoisotopic (exact) mass is 304 g/mol. The smallest absolute Gasteiger partial charge is 0.228 e. The van der Waals surface area contributed by atoms with Crippen molar-refractivity contribution in [2.45, 2.75) is 26.3 Å². The van der Waals surface area contributed by atoms with Crippen LogP contribution in [0.1, 0.15) is 34.3 Å². The Morgan fingerprint density at radius 2 is 2.05 bits per heavy atom. The van der Waals surface area contributed by atoms with Crippen molar-refractivity contribution < 1.29 is 9.21 Å². The van der Waals surface area contributed by atoms with Gasteiger partial charge in [-0.15, -0.1) is 0 Å². The molecule has 1 atom stereocenters. The normalized spacial score (nSPS) is 15.0. The maximum Gasteiger partial charge on any atom is 0.228 e. The number of fused-ring (bicyclic) bond motifs is 1. The van der Waals surface area contributed by atoms with Crippen LogP contribution in [0.5, 0.6) is 0 Å². The molecule has 1 aliphatic heterocycles. The van der Waals surface area contributed by atoms with Gasteiger partial charge < -0.3 is 15.1 Å². The lowest BCUT2D eigenvalue weighted by Crippen LogP contribution is -2.18. The minimum absolute atomic E-state index is 0.00885. The molecule has 1 amide bonds. The van der Waals surface area contributed by atoms with Crippen molar-refractivity contribution in [2.24, 2.45) is 0 Å².